The van der Waals surface area contributed by atoms with Crippen LogP contribution in [-0.4, -0.2) is 96.2 Å². The van der Waals surface area contributed by atoms with E-state index in [2.05, 4.69) is 9.80 Å². The van der Waals surface area contributed by atoms with Crippen LogP contribution in [0.1, 0.15) is 58.3 Å². The summed E-state index contributed by atoms with van der Waals surface area (Å²) in [4.78, 5) is 33.6. The first-order valence-electron chi connectivity index (χ1n) is 12.3. The molecule has 0 bridgehead atoms. The smallest absolute Gasteiger partial charge is 0.409 e. The lowest BCUT2D eigenvalue weighted by Gasteiger charge is -2.52. The molecule has 7 heteroatoms. The highest BCUT2D eigenvalue weighted by molar-refractivity contribution is 5.76. The van der Waals surface area contributed by atoms with Crippen LogP contribution >= 0.6 is 0 Å². The van der Waals surface area contributed by atoms with Crippen LogP contribution in [0.25, 0.3) is 0 Å². The Kier molecular flexibility index (Phi) is 5.58. The minimum atomic E-state index is -0.132. The molecule has 4 saturated heterocycles. The molecule has 168 valence electrons. The molecule has 4 aliphatic heterocycles. The third-order valence-electron chi connectivity index (χ3n) is 8.61. The molecule has 30 heavy (non-hydrogen) atoms. The highest BCUT2D eigenvalue weighted by Gasteiger charge is 2.52. The molecule has 1 spiro atoms. The van der Waals surface area contributed by atoms with E-state index in [1.54, 1.807) is 0 Å². The maximum atomic E-state index is 12.8. The molecule has 5 rings (SSSR count). The average Bonchev–Trinajstić information content (AvgIpc) is 3.33. The van der Waals surface area contributed by atoms with E-state index in [1.807, 2.05) is 16.7 Å². The first-order chi connectivity index (χ1) is 14.6. The summed E-state index contributed by atoms with van der Waals surface area (Å²) in [7, 11) is 0. The van der Waals surface area contributed by atoms with Crippen molar-refractivity contribution in [2.75, 3.05) is 52.4 Å². The van der Waals surface area contributed by atoms with Gasteiger partial charge in [0.2, 0.25) is 0 Å². The summed E-state index contributed by atoms with van der Waals surface area (Å²) in [6.07, 6.45) is 9.46. The monoisotopic (exact) mass is 418 g/mol. The van der Waals surface area contributed by atoms with Crippen LogP contribution in [0.3, 0.4) is 0 Å². The second-order valence-electron chi connectivity index (χ2n) is 10.3. The Morgan fingerprint density at radius 3 is 2.37 bits per heavy atom. The lowest BCUT2D eigenvalue weighted by atomic mass is 9.64. The largest absolute Gasteiger partial charge is 0.450 e. The number of carbonyl (C=O) groups is 2. The topological polar surface area (TPSA) is 56.3 Å². The van der Waals surface area contributed by atoms with Crippen molar-refractivity contribution in [1.82, 2.24) is 19.6 Å². The van der Waals surface area contributed by atoms with Gasteiger partial charge < -0.3 is 24.3 Å². The highest BCUT2D eigenvalue weighted by atomic mass is 16.6. The van der Waals surface area contributed by atoms with Gasteiger partial charge >= 0.3 is 12.1 Å². The average molecular weight is 419 g/mol. The van der Waals surface area contributed by atoms with Crippen LogP contribution in [0.2, 0.25) is 0 Å². The number of rotatable bonds is 3. The van der Waals surface area contributed by atoms with E-state index >= 15 is 0 Å². The molecule has 1 atom stereocenters. The lowest BCUT2D eigenvalue weighted by molar-refractivity contribution is -0.0152. The van der Waals surface area contributed by atoms with Gasteiger partial charge in [0.25, 0.3) is 0 Å². The van der Waals surface area contributed by atoms with E-state index in [0.29, 0.717) is 36.1 Å². The van der Waals surface area contributed by atoms with E-state index in [4.69, 9.17) is 4.74 Å². The van der Waals surface area contributed by atoms with Gasteiger partial charge in [-0.2, -0.15) is 0 Å². The first-order valence-corrected chi connectivity index (χ1v) is 12.3. The number of ether oxygens (including phenoxy) is 1. The van der Waals surface area contributed by atoms with E-state index in [9.17, 15) is 9.59 Å². The predicted molar refractivity (Wildman–Crippen MR) is 114 cm³/mol. The quantitative estimate of drug-likeness (QED) is 0.707. The Bertz CT molecular complexity index is 653. The summed E-state index contributed by atoms with van der Waals surface area (Å²) < 4.78 is 5.19. The molecular weight excluding hydrogens is 380 g/mol. The van der Waals surface area contributed by atoms with Crippen molar-refractivity contribution in [2.24, 2.45) is 11.3 Å². The Hall–Kier alpha value is -1.50. The molecule has 0 aromatic carbocycles. The third kappa shape index (κ3) is 3.67. The van der Waals surface area contributed by atoms with Crippen molar-refractivity contribution in [3.8, 4) is 0 Å². The van der Waals surface area contributed by atoms with Crippen molar-refractivity contribution in [3.63, 3.8) is 0 Å². The van der Waals surface area contributed by atoms with Gasteiger partial charge in [0.05, 0.1) is 6.61 Å². The summed E-state index contributed by atoms with van der Waals surface area (Å²) in [5.41, 5.74) is 0.347. The number of nitrogens with zero attached hydrogens (tertiary/aromatic N) is 4. The maximum Gasteiger partial charge on any atom is 0.409 e. The molecule has 4 heterocycles. The zero-order chi connectivity index (χ0) is 20.7. The molecule has 0 radical (unpaired) electrons. The Balaban J connectivity index is 1.08. The minimum Gasteiger partial charge on any atom is -0.450 e. The molecule has 0 N–H and O–H groups in total. The van der Waals surface area contributed by atoms with Crippen LogP contribution in [0.15, 0.2) is 0 Å². The van der Waals surface area contributed by atoms with Gasteiger partial charge in [-0.15, -0.1) is 0 Å². The van der Waals surface area contributed by atoms with Gasteiger partial charge in [0.1, 0.15) is 0 Å². The van der Waals surface area contributed by atoms with Gasteiger partial charge in [-0.05, 0) is 82.7 Å². The van der Waals surface area contributed by atoms with Crippen molar-refractivity contribution in [2.45, 2.75) is 70.4 Å². The second kappa shape index (κ2) is 8.21. The minimum absolute atomic E-state index is 0.132. The van der Waals surface area contributed by atoms with E-state index in [-0.39, 0.29) is 6.09 Å². The Labute approximate surface area is 180 Å². The van der Waals surface area contributed by atoms with Crippen molar-refractivity contribution in [3.05, 3.63) is 0 Å². The molecule has 0 aromatic rings. The van der Waals surface area contributed by atoms with Gasteiger partial charge in [0.15, 0.2) is 0 Å². The normalized spacial score (nSPS) is 34.9. The van der Waals surface area contributed by atoms with Crippen molar-refractivity contribution < 1.29 is 14.3 Å². The lowest BCUT2D eigenvalue weighted by Crippen LogP contribution is -2.56. The van der Waals surface area contributed by atoms with Crippen LogP contribution in [-0.2, 0) is 4.74 Å². The summed E-state index contributed by atoms with van der Waals surface area (Å²) in [5.74, 6) is 0.675. The van der Waals surface area contributed by atoms with Gasteiger partial charge in [-0.3, -0.25) is 0 Å². The zero-order valence-electron chi connectivity index (χ0n) is 18.6. The number of amides is 3. The van der Waals surface area contributed by atoms with Crippen LogP contribution in [0.4, 0.5) is 9.59 Å². The standard InChI is InChI=1S/C23H38N4O3/c1-2-30-22(29)26-14-8-23(17-26)15-19(16-23)24-12-6-18(7-13-24)20-5-3-11-27(20)21(28)25-9-4-10-25/h18-20H,2-17H2,1H3. The molecule has 1 aliphatic carbocycles. The molecular formula is C23H38N4O3. The van der Waals surface area contributed by atoms with E-state index < -0.39 is 0 Å². The van der Waals surface area contributed by atoms with Gasteiger partial charge in [-0.1, -0.05) is 0 Å². The number of hydrogen-bond donors (Lipinski definition) is 0. The van der Waals surface area contributed by atoms with E-state index in [0.717, 1.165) is 39.1 Å². The van der Waals surface area contributed by atoms with Crippen molar-refractivity contribution in [1.29, 1.82) is 0 Å². The van der Waals surface area contributed by atoms with Crippen LogP contribution < -0.4 is 0 Å². The fourth-order valence-corrected chi connectivity index (χ4v) is 6.72. The summed E-state index contributed by atoms with van der Waals surface area (Å²) >= 11 is 0. The van der Waals surface area contributed by atoms with Gasteiger partial charge in [0, 0.05) is 44.8 Å². The maximum absolute atomic E-state index is 12.8. The number of hydrogen-bond acceptors (Lipinski definition) is 4. The Morgan fingerprint density at radius 1 is 0.933 bits per heavy atom. The van der Waals surface area contributed by atoms with E-state index in [1.165, 1.54) is 58.0 Å². The summed E-state index contributed by atoms with van der Waals surface area (Å²) in [5, 5.41) is 0. The van der Waals surface area contributed by atoms with Crippen LogP contribution in [0, 0.1) is 11.3 Å². The molecule has 5 aliphatic rings. The summed E-state index contributed by atoms with van der Waals surface area (Å²) in [6, 6.07) is 1.47. The molecule has 7 nitrogen and oxygen atoms in total. The van der Waals surface area contributed by atoms with Crippen LogP contribution in [0.5, 0.6) is 0 Å². The highest BCUT2D eigenvalue weighted by Crippen LogP contribution is 2.51. The second-order valence-corrected chi connectivity index (χ2v) is 10.3. The molecule has 1 unspecified atom stereocenters. The fraction of sp³-hybridized carbons (Fsp3) is 0.913. The molecule has 0 aromatic heterocycles. The number of likely N-dealkylation sites (tertiary alicyclic amines) is 4. The van der Waals surface area contributed by atoms with Crippen molar-refractivity contribution >= 4 is 12.1 Å². The Morgan fingerprint density at radius 2 is 1.70 bits per heavy atom. The molecule has 3 amide bonds. The number of carbonyl (C=O) groups excluding carboxylic acids is 2. The predicted octanol–water partition coefficient (Wildman–Crippen LogP) is 3.00. The zero-order valence-corrected chi connectivity index (χ0v) is 18.6. The SMILES string of the molecule is CCOC(=O)N1CCC2(CC(N3CCC(C4CCCN4C(=O)N4CCC4)CC3)C2)C1. The molecule has 1 saturated carbocycles. The number of urea groups is 1. The first kappa shape index (κ1) is 20.4. The third-order valence-corrected chi connectivity index (χ3v) is 8.61. The fourth-order valence-electron chi connectivity index (χ4n) is 6.72. The summed E-state index contributed by atoms with van der Waals surface area (Å²) in [6.45, 7) is 9.30. The molecule has 5 fully saturated rings. The van der Waals surface area contributed by atoms with Gasteiger partial charge in [-0.25, -0.2) is 9.59 Å². The number of piperidine rings is 1.